The van der Waals surface area contributed by atoms with Gasteiger partial charge in [0.1, 0.15) is 36.4 Å². The van der Waals surface area contributed by atoms with Crippen LogP contribution in [0.1, 0.15) is 66.7 Å². The maximum atomic E-state index is 14.3. The molecule has 0 bridgehead atoms. The SMILES string of the molecule is CC(C)(C)Oc1cc(C(=O)CC(=O)O)ccc1C1=N[C@@H](c2ncco2)[C@@H](c2ccc(Cl)cc2)N1C(=O)N1CCNC(=O)C1. The third-order valence-electron chi connectivity index (χ3n) is 6.77. The molecule has 2 aliphatic heterocycles. The fraction of sp³-hybridized carbons (Fsp3) is 0.333. The minimum Gasteiger partial charge on any atom is -0.487 e. The molecule has 2 aliphatic rings. The fourth-order valence-corrected chi connectivity index (χ4v) is 5.12. The van der Waals surface area contributed by atoms with E-state index in [1.807, 2.05) is 20.8 Å². The fourth-order valence-electron chi connectivity index (χ4n) is 5.00. The molecular weight excluding hydrogens is 578 g/mol. The van der Waals surface area contributed by atoms with Crippen LogP contribution in [0.15, 0.2) is 64.3 Å². The number of benzene rings is 2. The number of oxazole rings is 1. The highest BCUT2D eigenvalue weighted by molar-refractivity contribution is 6.30. The second-order valence-corrected chi connectivity index (χ2v) is 11.5. The quantitative estimate of drug-likeness (QED) is 0.298. The van der Waals surface area contributed by atoms with E-state index in [9.17, 15) is 19.2 Å². The Hall–Kier alpha value is -4.71. The topological polar surface area (TPSA) is 155 Å². The lowest BCUT2D eigenvalue weighted by molar-refractivity contribution is -0.136. The first-order valence-electron chi connectivity index (χ1n) is 13.6. The Morgan fingerprint density at radius 1 is 1.16 bits per heavy atom. The average molecular weight is 608 g/mol. The number of carbonyl (C=O) groups excluding carboxylic acids is 3. The van der Waals surface area contributed by atoms with E-state index in [2.05, 4.69) is 10.3 Å². The van der Waals surface area contributed by atoms with Gasteiger partial charge in [-0.25, -0.2) is 9.78 Å². The molecule has 2 N–H and O–H groups in total. The molecule has 0 radical (unpaired) electrons. The molecule has 3 heterocycles. The summed E-state index contributed by atoms with van der Waals surface area (Å²) >= 11 is 6.20. The van der Waals surface area contributed by atoms with Gasteiger partial charge in [-0.1, -0.05) is 29.8 Å². The monoisotopic (exact) mass is 607 g/mol. The molecule has 13 heteroatoms. The van der Waals surface area contributed by atoms with Crippen molar-refractivity contribution in [1.82, 2.24) is 20.1 Å². The van der Waals surface area contributed by atoms with Crippen LogP contribution in [0.25, 0.3) is 0 Å². The van der Waals surface area contributed by atoms with Crippen molar-refractivity contribution in [1.29, 1.82) is 0 Å². The number of urea groups is 1. The van der Waals surface area contributed by atoms with Gasteiger partial charge in [-0.3, -0.25) is 24.3 Å². The number of carboxylic acids is 1. The smallest absolute Gasteiger partial charge is 0.326 e. The van der Waals surface area contributed by atoms with Crippen LogP contribution in [0.2, 0.25) is 5.02 Å². The van der Waals surface area contributed by atoms with Crippen LogP contribution >= 0.6 is 11.6 Å². The number of carbonyl (C=O) groups is 4. The molecule has 1 aromatic heterocycles. The molecule has 3 amide bonds. The van der Waals surface area contributed by atoms with Gasteiger partial charge in [0.05, 0.1) is 17.8 Å². The van der Waals surface area contributed by atoms with E-state index in [4.69, 9.17) is 30.9 Å². The van der Waals surface area contributed by atoms with Gasteiger partial charge in [0.15, 0.2) is 11.8 Å². The number of aromatic nitrogens is 1. The van der Waals surface area contributed by atoms with Gasteiger partial charge in [0, 0.05) is 23.7 Å². The van der Waals surface area contributed by atoms with Crippen molar-refractivity contribution in [2.75, 3.05) is 19.6 Å². The summed E-state index contributed by atoms with van der Waals surface area (Å²) in [5.41, 5.74) is 0.463. The van der Waals surface area contributed by atoms with Crippen molar-refractivity contribution < 1.29 is 33.4 Å². The van der Waals surface area contributed by atoms with Gasteiger partial charge in [0.2, 0.25) is 11.8 Å². The van der Waals surface area contributed by atoms with E-state index in [0.717, 1.165) is 0 Å². The van der Waals surface area contributed by atoms with Crippen LogP contribution < -0.4 is 10.1 Å². The molecule has 43 heavy (non-hydrogen) atoms. The zero-order valence-corrected chi connectivity index (χ0v) is 24.5. The van der Waals surface area contributed by atoms with Crippen LogP contribution in [-0.4, -0.2) is 74.7 Å². The summed E-state index contributed by atoms with van der Waals surface area (Å²) in [6.07, 6.45) is 2.21. The third-order valence-corrected chi connectivity index (χ3v) is 7.02. The summed E-state index contributed by atoms with van der Waals surface area (Å²) in [5.74, 6) is -1.46. The van der Waals surface area contributed by atoms with E-state index >= 15 is 0 Å². The van der Waals surface area contributed by atoms with Gasteiger partial charge in [-0.15, -0.1) is 0 Å². The molecule has 2 atom stereocenters. The van der Waals surface area contributed by atoms with Crippen molar-refractivity contribution in [2.24, 2.45) is 4.99 Å². The minimum atomic E-state index is -1.26. The molecule has 5 rings (SSSR count). The number of piperazine rings is 1. The zero-order chi connectivity index (χ0) is 30.9. The zero-order valence-electron chi connectivity index (χ0n) is 23.7. The van der Waals surface area contributed by atoms with Crippen molar-refractivity contribution in [3.8, 4) is 5.75 Å². The summed E-state index contributed by atoms with van der Waals surface area (Å²) in [6, 6.07) is 9.47. The Balaban J connectivity index is 1.69. The summed E-state index contributed by atoms with van der Waals surface area (Å²) in [6.45, 7) is 5.88. The van der Waals surface area contributed by atoms with Gasteiger partial charge in [0.25, 0.3) is 0 Å². The Morgan fingerprint density at radius 2 is 1.91 bits per heavy atom. The van der Waals surface area contributed by atoms with Gasteiger partial charge in [-0.2, -0.15) is 0 Å². The van der Waals surface area contributed by atoms with Crippen LogP contribution in [0.3, 0.4) is 0 Å². The molecule has 0 spiro atoms. The predicted octanol–water partition coefficient (Wildman–Crippen LogP) is 4.26. The van der Waals surface area contributed by atoms with E-state index in [0.29, 0.717) is 22.7 Å². The Labute approximate surface area is 252 Å². The number of amidine groups is 1. The van der Waals surface area contributed by atoms with Crippen LogP contribution in [0.5, 0.6) is 5.75 Å². The number of aliphatic imine (C=N–C) groups is 1. The van der Waals surface area contributed by atoms with Crippen molar-refractivity contribution in [3.63, 3.8) is 0 Å². The lowest BCUT2D eigenvalue weighted by Gasteiger charge is -2.35. The van der Waals surface area contributed by atoms with Crippen LogP contribution in [-0.2, 0) is 9.59 Å². The summed E-state index contributed by atoms with van der Waals surface area (Å²) in [5, 5.41) is 12.4. The number of hydrogen-bond donors (Lipinski definition) is 2. The molecule has 224 valence electrons. The van der Waals surface area contributed by atoms with Crippen molar-refractivity contribution in [2.45, 2.75) is 44.9 Å². The number of nitrogens with one attached hydrogen (secondary N) is 1. The Kier molecular flexibility index (Phi) is 8.23. The molecule has 0 unspecified atom stereocenters. The Bertz CT molecular complexity index is 1580. The highest BCUT2D eigenvalue weighted by Gasteiger charge is 2.47. The highest BCUT2D eigenvalue weighted by atomic mass is 35.5. The van der Waals surface area contributed by atoms with Crippen LogP contribution in [0, 0.1) is 0 Å². The van der Waals surface area contributed by atoms with E-state index in [1.165, 1.54) is 34.4 Å². The van der Waals surface area contributed by atoms with Crippen LogP contribution in [0.4, 0.5) is 4.79 Å². The lowest BCUT2D eigenvalue weighted by atomic mass is 9.98. The Morgan fingerprint density at radius 3 is 2.53 bits per heavy atom. The number of hydrogen-bond acceptors (Lipinski definition) is 8. The maximum Gasteiger partial charge on any atom is 0.326 e. The minimum absolute atomic E-state index is 0.132. The van der Waals surface area contributed by atoms with E-state index < -0.39 is 41.9 Å². The number of Topliss-reactive ketones (excluding diaryl/α,β-unsaturated/α-hetero) is 1. The normalized spacial score (nSPS) is 18.7. The molecule has 1 saturated heterocycles. The third kappa shape index (κ3) is 6.54. The number of ether oxygens (including phenoxy) is 1. The van der Waals surface area contributed by atoms with E-state index in [-0.39, 0.29) is 42.0 Å². The molecule has 0 saturated carbocycles. The molecular formula is C30H30ClN5O7. The second-order valence-electron chi connectivity index (χ2n) is 11.1. The molecule has 2 aromatic carbocycles. The van der Waals surface area contributed by atoms with E-state index in [1.54, 1.807) is 30.3 Å². The van der Waals surface area contributed by atoms with Crippen molar-refractivity contribution in [3.05, 3.63) is 82.5 Å². The highest BCUT2D eigenvalue weighted by Crippen LogP contribution is 2.45. The van der Waals surface area contributed by atoms with Gasteiger partial charge < -0.3 is 24.5 Å². The maximum absolute atomic E-state index is 14.3. The average Bonchev–Trinajstić information content (AvgIpc) is 3.60. The molecule has 0 aliphatic carbocycles. The summed E-state index contributed by atoms with van der Waals surface area (Å²) in [7, 11) is 0. The number of nitrogens with zero attached hydrogens (tertiary/aromatic N) is 4. The second kappa shape index (κ2) is 11.9. The number of aliphatic carboxylic acids is 1. The number of amides is 3. The summed E-state index contributed by atoms with van der Waals surface area (Å²) < 4.78 is 11.9. The first-order chi connectivity index (χ1) is 20.4. The summed E-state index contributed by atoms with van der Waals surface area (Å²) in [4.78, 5) is 62.8. The first kappa shape index (κ1) is 29.8. The standard InChI is InChI=1S/C30H30ClN5O7/c1-30(2,3)43-22-14-18(21(37)15-24(39)40)6-9-20(22)27-34-25(28-33-11-13-42-28)26(17-4-7-19(31)8-5-17)36(27)29(41)35-12-10-32-23(38)16-35/h4-9,11,13-14,25-26H,10,12,15-16H2,1-3H3,(H,32,38)(H,39,40)/t25-,26-/m1/s1. The van der Waals surface area contributed by atoms with Gasteiger partial charge in [-0.05, 0) is 50.6 Å². The largest absolute Gasteiger partial charge is 0.487 e. The number of ketones is 1. The molecule has 12 nitrogen and oxygen atoms in total. The number of carboxylic acid groups (broad SMARTS) is 1. The molecule has 1 fully saturated rings. The first-order valence-corrected chi connectivity index (χ1v) is 13.9. The predicted molar refractivity (Wildman–Crippen MR) is 155 cm³/mol. The van der Waals surface area contributed by atoms with Gasteiger partial charge >= 0.3 is 12.0 Å². The number of halogens is 1. The number of rotatable bonds is 7. The molecule has 3 aromatic rings. The van der Waals surface area contributed by atoms with Crippen molar-refractivity contribution >= 4 is 41.1 Å². The lowest BCUT2D eigenvalue weighted by Crippen LogP contribution is -2.55.